The third-order valence-electron chi connectivity index (χ3n) is 3.54. The van der Waals surface area contributed by atoms with Crippen molar-refractivity contribution in [2.45, 2.75) is 19.8 Å². The zero-order valence-corrected chi connectivity index (χ0v) is 13.9. The summed E-state index contributed by atoms with van der Waals surface area (Å²) in [7, 11) is 1.58. The van der Waals surface area contributed by atoms with Crippen LogP contribution >= 0.6 is 0 Å². The summed E-state index contributed by atoms with van der Waals surface area (Å²) in [4.78, 5) is 23.7. The molecule has 1 N–H and O–H groups in total. The van der Waals surface area contributed by atoms with E-state index in [1.807, 2.05) is 31.2 Å². The Morgan fingerprint density at radius 3 is 2.42 bits per heavy atom. The lowest BCUT2D eigenvalue weighted by Gasteiger charge is -2.10. The molecule has 0 aliphatic heterocycles. The van der Waals surface area contributed by atoms with Crippen molar-refractivity contribution in [2.75, 3.05) is 19.0 Å². The highest BCUT2D eigenvalue weighted by molar-refractivity contribution is 5.93. The van der Waals surface area contributed by atoms with Crippen molar-refractivity contribution in [1.29, 1.82) is 0 Å². The quantitative estimate of drug-likeness (QED) is 0.794. The zero-order valence-electron chi connectivity index (χ0n) is 13.9. The van der Waals surface area contributed by atoms with Crippen molar-refractivity contribution < 1.29 is 19.1 Å². The van der Waals surface area contributed by atoms with Gasteiger partial charge in [-0.3, -0.25) is 9.59 Å². The minimum atomic E-state index is -0.445. The van der Waals surface area contributed by atoms with Crippen molar-refractivity contribution in [1.82, 2.24) is 0 Å². The number of anilines is 1. The molecule has 0 saturated carbocycles. The number of methoxy groups -OCH3 is 1. The molecule has 0 saturated heterocycles. The summed E-state index contributed by atoms with van der Waals surface area (Å²) >= 11 is 0. The van der Waals surface area contributed by atoms with Crippen molar-refractivity contribution in [2.24, 2.45) is 0 Å². The molecule has 0 aromatic heterocycles. The molecule has 0 fully saturated rings. The SMILES string of the molecule is CCc1ccccc1NC(=O)COC(=O)Cc1ccc(OC)cc1. The Morgan fingerprint density at radius 1 is 1.04 bits per heavy atom. The van der Waals surface area contributed by atoms with E-state index >= 15 is 0 Å². The Labute approximate surface area is 141 Å². The van der Waals surface area contributed by atoms with E-state index in [0.29, 0.717) is 0 Å². The Morgan fingerprint density at radius 2 is 1.75 bits per heavy atom. The van der Waals surface area contributed by atoms with E-state index in [1.54, 1.807) is 31.4 Å². The van der Waals surface area contributed by atoms with Gasteiger partial charge in [-0.05, 0) is 35.7 Å². The van der Waals surface area contributed by atoms with Crippen molar-refractivity contribution >= 4 is 17.6 Å². The summed E-state index contributed by atoms with van der Waals surface area (Å²) in [5.74, 6) is -0.0702. The molecule has 0 aliphatic carbocycles. The molecule has 0 aliphatic rings. The molecule has 0 unspecified atom stereocenters. The summed E-state index contributed by atoms with van der Waals surface area (Å²) < 4.78 is 10.1. The van der Waals surface area contributed by atoms with Crippen LogP contribution in [0.15, 0.2) is 48.5 Å². The van der Waals surface area contributed by atoms with Gasteiger partial charge in [0.05, 0.1) is 13.5 Å². The van der Waals surface area contributed by atoms with Crippen LogP contribution in [0.3, 0.4) is 0 Å². The zero-order chi connectivity index (χ0) is 17.4. The largest absolute Gasteiger partial charge is 0.497 e. The molecule has 126 valence electrons. The maximum Gasteiger partial charge on any atom is 0.310 e. The number of ether oxygens (including phenoxy) is 2. The van der Waals surface area contributed by atoms with E-state index in [-0.39, 0.29) is 18.9 Å². The van der Waals surface area contributed by atoms with Gasteiger partial charge in [0, 0.05) is 5.69 Å². The van der Waals surface area contributed by atoms with Crippen molar-refractivity contribution in [3.05, 3.63) is 59.7 Å². The van der Waals surface area contributed by atoms with E-state index in [4.69, 9.17) is 9.47 Å². The van der Waals surface area contributed by atoms with E-state index in [2.05, 4.69) is 5.32 Å². The maximum atomic E-state index is 11.9. The Hall–Kier alpha value is -2.82. The van der Waals surface area contributed by atoms with Gasteiger partial charge in [0.25, 0.3) is 5.91 Å². The number of carbonyl (C=O) groups is 2. The molecule has 0 radical (unpaired) electrons. The number of esters is 1. The fraction of sp³-hybridized carbons (Fsp3) is 0.263. The van der Waals surface area contributed by atoms with E-state index in [0.717, 1.165) is 29.0 Å². The fourth-order valence-electron chi connectivity index (χ4n) is 2.24. The Balaban J connectivity index is 1.81. The fourth-order valence-corrected chi connectivity index (χ4v) is 2.24. The van der Waals surface area contributed by atoms with Gasteiger partial charge >= 0.3 is 5.97 Å². The molecular formula is C19H21NO4. The first kappa shape index (κ1) is 17.5. The first-order valence-corrected chi connectivity index (χ1v) is 7.78. The van der Waals surface area contributed by atoms with Crippen LogP contribution in [-0.4, -0.2) is 25.6 Å². The lowest BCUT2D eigenvalue weighted by Crippen LogP contribution is -2.22. The van der Waals surface area contributed by atoms with Gasteiger partial charge in [0.2, 0.25) is 0 Å². The molecular weight excluding hydrogens is 306 g/mol. The highest BCUT2D eigenvalue weighted by atomic mass is 16.5. The molecule has 24 heavy (non-hydrogen) atoms. The van der Waals surface area contributed by atoms with Crippen LogP contribution in [0.5, 0.6) is 5.75 Å². The van der Waals surface area contributed by atoms with Gasteiger partial charge in [-0.25, -0.2) is 0 Å². The van der Waals surface area contributed by atoms with Crippen LogP contribution in [0.4, 0.5) is 5.69 Å². The highest BCUT2D eigenvalue weighted by Crippen LogP contribution is 2.15. The number of hydrogen-bond donors (Lipinski definition) is 1. The summed E-state index contributed by atoms with van der Waals surface area (Å²) in [5, 5.41) is 2.76. The molecule has 0 spiro atoms. The van der Waals surface area contributed by atoms with E-state index in [1.165, 1.54) is 0 Å². The van der Waals surface area contributed by atoms with Gasteiger partial charge in [-0.15, -0.1) is 0 Å². The minimum Gasteiger partial charge on any atom is -0.497 e. The molecule has 2 aromatic rings. The number of aryl methyl sites for hydroxylation is 1. The average Bonchev–Trinajstić information content (AvgIpc) is 2.61. The lowest BCUT2D eigenvalue weighted by molar-refractivity contribution is -0.146. The van der Waals surface area contributed by atoms with Crippen LogP contribution in [0.25, 0.3) is 0 Å². The average molecular weight is 327 g/mol. The monoisotopic (exact) mass is 327 g/mol. The number of nitrogens with one attached hydrogen (secondary N) is 1. The Bertz CT molecular complexity index is 695. The number of rotatable bonds is 7. The molecule has 0 atom stereocenters. The molecule has 1 amide bonds. The highest BCUT2D eigenvalue weighted by Gasteiger charge is 2.10. The van der Waals surface area contributed by atoms with Gasteiger partial charge < -0.3 is 14.8 Å². The third-order valence-corrected chi connectivity index (χ3v) is 3.54. The molecule has 0 heterocycles. The van der Waals surface area contributed by atoms with Crippen LogP contribution in [0.1, 0.15) is 18.1 Å². The minimum absolute atomic E-state index is 0.114. The van der Waals surface area contributed by atoms with Crippen LogP contribution < -0.4 is 10.1 Å². The van der Waals surface area contributed by atoms with Crippen molar-refractivity contribution in [3.63, 3.8) is 0 Å². The second-order valence-electron chi connectivity index (χ2n) is 5.24. The molecule has 5 nitrogen and oxygen atoms in total. The third kappa shape index (κ3) is 5.12. The molecule has 0 bridgehead atoms. The second-order valence-corrected chi connectivity index (χ2v) is 5.24. The molecule has 5 heteroatoms. The summed E-state index contributed by atoms with van der Waals surface area (Å²) in [6, 6.07) is 14.7. The maximum absolute atomic E-state index is 11.9. The first-order valence-electron chi connectivity index (χ1n) is 7.78. The smallest absolute Gasteiger partial charge is 0.310 e. The number of para-hydroxylation sites is 1. The Kier molecular flexibility index (Phi) is 6.37. The standard InChI is InChI=1S/C19H21NO4/c1-3-15-6-4-5-7-17(15)20-18(21)13-24-19(22)12-14-8-10-16(23-2)11-9-14/h4-11H,3,12-13H2,1-2H3,(H,20,21). The second kappa shape index (κ2) is 8.72. The van der Waals surface area contributed by atoms with Gasteiger partial charge in [-0.1, -0.05) is 37.3 Å². The van der Waals surface area contributed by atoms with Crippen molar-refractivity contribution in [3.8, 4) is 5.75 Å². The number of benzene rings is 2. The number of carbonyl (C=O) groups excluding carboxylic acids is 2. The van der Waals surface area contributed by atoms with E-state index < -0.39 is 5.97 Å². The van der Waals surface area contributed by atoms with Gasteiger partial charge in [0.1, 0.15) is 5.75 Å². The normalized spacial score (nSPS) is 10.1. The predicted molar refractivity (Wildman–Crippen MR) is 92.1 cm³/mol. The van der Waals surface area contributed by atoms with Crippen LogP contribution in [0.2, 0.25) is 0 Å². The van der Waals surface area contributed by atoms with Crippen LogP contribution in [-0.2, 0) is 27.2 Å². The predicted octanol–water partition coefficient (Wildman–Crippen LogP) is 2.98. The lowest BCUT2D eigenvalue weighted by atomic mass is 10.1. The summed E-state index contributed by atoms with van der Waals surface area (Å²) in [6.45, 7) is 1.72. The number of hydrogen-bond acceptors (Lipinski definition) is 4. The summed E-state index contributed by atoms with van der Waals surface area (Å²) in [6.07, 6.45) is 0.927. The van der Waals surface area contributed by atoms with Crippen LogP contribution in [0, 0.1) is 0 Å². The molecule has 2 aromatic carbocycles. The molecule has 2 rings (SSSR count). The summed E-state index contributed by atoms with van der Waals surface area (Å²) in [5.41, 5.74) is 2.59. The van der Waals surface area contributed by atoms with Gasteiger partial charge in [-0.2, -0.15) is 0 Å². The van der Waals surface area contributed by atoms with Gasteiger partial charge in [0.15, 0.2) is 6.61 Å². The van der Waals surface area contributed by atoms with E-state index in [9.17, 15) is 9.59 Å². The topological polar surface area (TPSA) is 64.6 Å². The first-order chi connectivity index (χ1) is 11.6. The number of amides is 1.